The highest BCUT2D eigenvalue weighted by molar-refractivity contribution is 5.81. The van der Waals surface area contributed by atoms with Crippen LogP contribution in [0.3, 0.4) is 0 Å². The second kappa shape index (κ2) is 16.1. The Hall–Kier alpha value is -3.12. The Morgan fingerprint density at radius 3 is 2.13 bits per heavy atom. The average molecular weight is 537 g/mol. The molecule has 39 heavy (non-hydrogen) atoms. The predicted octanol–water partition coefficient (Wildman–Crippen LogP) is 7.40. The third-order valence-electron chi connectivity index (χ3n) is 7.37. The Morgan fingerprint density at radius 2 is 1.51 bits per heavy atom. The van der Waals surface area contributed by atoms with Gasteiger partial charge < -0.3 is 18.9 Å². The van der Waals surface area contributed by atoms with Crippen LogP contribution >= 0.6 is 0 Å². The number of rotatable bonds is 15. The molecule has 0 N–H and O–H groups in total. The second-order valence-electron chi connectivity index (χ2n) is 10.8. The average Bonchev–Trinajstić information content (AvgIpc) is 2.94. The molecule has 6 nitrogen and oxygen atoms in total. The fourth-order valence-electron chi connectivity index (χ4n) is 5.08. The van der Waals surface area contributed by atoms with Crippen LogP contribution in [0.4, 0.5) is 0 Å². The minimum absolute atomic E-state index is 0.0189. The highest BCUT2D eigenvalue weighted by Gasteiger charge is 2.31. The summed E-state index contributed by atoms with van der Waals surface area (Å²) in [5, 5.41) is 0. The molecule has 1 saturated carbocycles. The molecule has 0 aliphatic heterocycles. The Morgan fingerprint density at radius 1 is 0.897 bits per heavy atom. The zero-order chi connectivity index (χ0) is 28.0. The fourth-order valence-corrected chi connectivity index (χ4v) is 5.08. The summed E-state index contributed by atoms with van der Waals surface area (Å²) in [6.45, 7) is 11.2. The maximum absolute atomic E-state index is 12.4. The summed E-state index contributed by atoms with van der Waals surface area (Å²) in [6.07, 6.45) is 8.50. The van der Waals surface area contributed by atoms with Crippen LogP contribution in [0.1, 0.15) is 65.7 Å². The van der Waals surface area contributed by atoms with E-state index in [1.807, 2.05) is 48.5 Å². The molecule has 6 heteroatoms. The minimum atomic E-state index is -0.370. The van der Waals surface area contributed by atoms with Crippen LogP contribution in [0, 0.1) is 17.8 Å². The van der Waals surface area contributed by atoms with Crippen molar-refractivity contribution in [2.24, 2.45) is 17.8 Å². The van der Waals surface area contributed by atoms with Gasteiger partial charge in [0.15, 0.2) is 0 Å². The van der Waals surface area contributed by atoms with Crippen LogP contribution in [0.25, 0.3) is 11.1 Å². The number of hydrogen-bond donors (Lipinski definition) is 0. The number of ether oxygens (including phenoxy) is 4. The lowest BCUT2D eigenvalue weighted by Crippen LogP contribution is -2.36. The van der Waals surface area contributed by atoms with Gasteiger partial charge in [0.05, 0.1) is 19.3 Å². The molecule has 3 unspecified atom stereocenters. The van der Waals surface area contributed by atoms with E-state index in [4.69, 9.17) is 18.9 Å². The van der Waals surface area contributed by atoms with Crippen molar-refractivity contribution in [3.63, 3.8) is 0 Å². The summed E-state index contributed by atoms with van der Waals surface area (Å²) in [5.74, 6) is 2.29. The van der Waals surface area contributed by atoms with Crippen molar-refractivity contribution in [1.82, 2.24) is 0 Å². The molecule has 0 radical (unpaired) electrons. The fraction of sp³-hybridized carbons (Fsp3) is 0.515. The molecule has 3 atom stereocenters. The molecular weight excluding hydrogens is 492 g/mol. The van der Waals surface area contributed by atoms with Gasteiger partial charge in [0.2, 0.25) is 0 Å². The van der Waals surface area contributed by atoms with Gasteiger partial charge in [-0.1, -0.05) is 58.0 Å². The summed E-state index contributed by atoms with van der Waals surface area (Å²) in [5.41, 5.74) is 2.09. The van der Waals surface area contributed by atoms with Crippen LogP contribution in [0.15, 0.2) is 61.2 Å². The summed E-state index contributed by atoms with van der Waals surface area (Å²) < 4.78 is 22.4. The number of unbranched alkanes of at least 4 members (excludes halogenated alkanes) is 3. The Balaban J connectivity index is 1.37. The molecular formula is C33H44O6. The zero-order valence-corrected chi connectivity index (χ0v) is 23.7. The number of hydrogen-bond acceptors (Lipinski definition) is 6. The normalized spacial score (nSPS) is 18.9. The van der Waals surface area contributed by atoms with Crippen LogP contribution in [-0.4, -0.2) is 37.9 Å². The lowest BCUT2D eigenvalue weighted by Gasteiger charge is -2.36. The predicted molar refractivity (Wildman–Crippen MR) is 154 cm³/mol. The van der Waals surface area contributed by atoms with E-state index in [9.17, 15) is 9.59 Å². The molecule has 212 valence electrons. The van der Waals surface area contributed by atoms with E-state index in [-0.39, 0.29) is 24.6 Å². The minimum Gasteiger partial charge on any atom is -0.494 e. The first-order valence-electron chi connectivity index (χ1n) is 14.3. The maximum Gasteiger partial charge on any atom is 0.337 e. The van der Waals surface area contributed by atoms with Gasteiger partial charge in [-0.3, -0.25) is 0 Å². The molecule has 2 aromatic rings. The Labute approximate surface area is 233 Å². The monoisotopic (exact) mass is 536 g/mol. The van der Waals surface area contributed by atoms with Crippen molar-refractivity contribution >= 4 is 11.9 Å². The van der Waals surface area contributed by atoms with Gasteiger partial charge >= 0.3 is 11.9 Å². The van der Waals surface area contributed by atoms with Crippen molar-refractivity contribution in [3.05, 3.63) is 61.2 Å². The molecule has 0 amide bonds. The van der Waals surface area contributed by atoms with Gasteiger partial charge in [0.1, 0.15) is 18.1 Å². The molecule has 0 bridgehead atoms. The van der Waals surface area contributed by atoms with Gasteiger partial charge in [-0.2, -0.15) is 0 Å². The standard InChI is InChI=1S/C33H44O6/c1-5-32(34)37-21-9-7-6-8-20-36-28-15-11-26(12-16-28)27-13-17-29(18-14-27)39-33(35)23-38-31-22-25(4)10-19-30(31)24(2)3/h5,11-18,24-25,30-31H,1,6-10,19-23H2,2-4H3. The Kier molecular flexibility index (Phi) is 12.6. The van der Waals surface area contributed by atoms with Crippen LogP contribution in [0.5, 0.6) is 11.5 Å². The molecule has 1 fully saturated rings. The molecule has 0 spiro atoms. The summed E-state index contributed by atoms with van der Waals surface area (Å²) in [7, 11) is 0. The van der Waals surface area contributed by atoms with Gasteiger partial charge in [-0.25, -0.2) is 9.59 Å². The van der Waals surface area contributed by atoms with Gasteiger partial charge in [-0.05, 0) is 91.7 Å². The van der Waals surface area contributed by atoms with Crippen molar-refractivity contribution in [2.45, 2.75) is 71.8 Å². The molecule has 2 aromatic carbocycles. The van der Waals surface area contributed by atoms with Crippen molar-refractivity contribution in [1.29, 1.82) is 0 Å². The lowest BCUT2D eigenvalue weighted by molar-refractivity contribution is -0.145. The van der Waals surface area contributed by atoms with E-state index in [0.29, 0.717) is 36.7 Å². The second-order valence-corrected chi connectivity index (χ2v) is 10.8. The van der Waals surface area contributed by atoms with Crippen LogP contribution in [0.2, 0.25) is 0 Å². The lowest BCUT2D eigenvalue weighted by atomic mass is 9.75. The van der Waals surface area contributed by atoms with E-state index in [0.717, 1.165) is 55.4 Å². The molecule has 0 heterocycles. The first-order valence-corrected chi connectivity index (χ1v) is 14.3. The summed E-state index contributed by atoms with van der Waals surface area (Å²) in [6, 6.07) is 15.5. The first-order chi connectivity index (χ1) is 18.9. The van der Waals surface area contributed by atoms with E-state index < -0.39 is 0 Å². The molecule has 1 aliphatic carbocycles. The van der Waals surface area contributed by atoms with E-state index in [1.165, 1.54) is 12.5 Å². The first kappa shape index (κ1) is 30.4. The van der Waals surface area contributed by atoms with E-state index in [1.54, 1.807) is 0 Å². The SMILES string of the molecule is C=CC(=O)OCCCCCCOc1ccc(-c2ccc(OC(=O)COC3CC(C)CCC3C(C)C)cc2)cc1. The van der Waals surface area contributed by atoms with Gasteiger partial charge in [0.25, 0.3) is 0 Å². The third kappa shape index (κ3) is 10.5. The summed E-state index contributed by atoms with van der Waals surface area (Å²) in [4.78, 5) is 23.4. The topological polar surface area (TPSA) is 71.1 Å². The molecule has 0 aromatic heterocycles. The highest BCUT2D eigenvalue weighted by Crippen LogP contribution is 2.35. The van der Waals surface area contributed by atoms with Crippen molar-refractivity contribution in [2.75, 3.05) is 19.8 Å². The smallest absolute Gasteiger partial charge is 0.337 e. The largest absolute Gasteiger partial charge is 0.494 e. The molecule has 1 aliphatic rings. The van der Waals surface area contributed by atoms with Crippen LogP contribution < -0.4 is 9.47 Å². The van der Waals surface area contributed by atoms with Crippen molar-refractivity contribution < 1.29 is 28.5 Å². The maximum atomic E-state index is 12.4. The Bertz CT molecular complexity index is 1030. The van der Waals surface area contributed by atoms with Gasteiger partial charge in [-0.15, -0.1) is 0 Å². The third-order valence-corrected chi connectivity index (χ3v) is 7.37. The molecule has 3 rings (SSSR count). The number of carbonyl (C=O) groups excluding carboxylic acids is 2. The number of benzene rings is 2. The highest BCUT2D eigenvalue weighted by atomic mass is 16.6. The van der Waals surface area contributed by atoms with Gasteiger partial charge in [0, 0.05) is 6.08 Å². The molecule has 0 saturated heterocycles. The van der Waals surface area contributed by atoms with Crippen molar-refractivity contribution in [3.8, 4) is 22.6 Å². The number of carbonyl (C=O) groups is 2. The van der Waals surface area contributed by atoms with E-state index in [2.05, 4.69) is 27.4 Å². The van der Waals surface area contributed by atoms with E-state index >= 15 is 0 Å². The number of esters is 2. The zero-order valence-electron chi connectivity index (χ0n) is 23.7. The summed E-state index contributed by atoms with van der Waals surface area (Å²) >= 11 is 0. The van der Waals surface area contributed by atoms with Crippen LogP contribution in [-0.2, 0) is 19.1 Å². The quantitative estimate of drug-likeness (QED) is 0.102.